The Bertz CT molecular complexity index is 817. The Morgan fingerprint density at radius 2 is 2.12 bits per heavy atom. The number of nitrogens with one attached hydrogen (secondary N) is 2. The lowest BCUT2D eigenvalue weighted by molar-refractivity contribution is 0.222. The first-order valence-electron chi connectivity index (χ1n) is 8.49. The monoisotopic (exact) mass is 321 g/mol. The minimum absolute atomic E-state index is 0.0122. The number of aliphatic imine (C=N–C) groups is 1. The van der Waals surface area contributed by atoms with E-state index in [4.69, 9.17) is 0 Å². The van der Waals surface area contributed by atoms with Gasteiger partial charge in [-0.1, -0.05) is 6.07 Å². The summed E-state index contributed by atoms with van der Waals surface area (Å²) >= 11 is 0. The quantitative estimate of drug-likeness (QED) is 0.834. The van der Waals surface area contributed by atoms with Crippen LogP contribution in [0.2, 0.25) is 0 Å². The fourth-order valence-electron chi connectivity index (χ4n) is 3.88. The number of rotatable bonds is 1. The van der Waals surface area contributed by atoms with Crippen LogP contribution in [-0.4, -0.2) is 41.7 Å². The Hall–Kier alpha value is -2.76. The van der Waals surface area contributed by atoms with Crippen molar-refractivity contribution in [3.63, 3.8) is 0 Å². The smallest absolute Gasteiger partial charge is 0.321 e. The Labute approximate surface area is 140 Å². The second kappa shape index (κ2) is 5.12. The molecule has 3 aliphatic heterocycles. The number of amides is 2. The average Bonchev–Trinajstić information content (AvgIpc) is 3.32. The van der Waals surface area contributed by atoms with Crippen molar-refractivity contribution >= 4 is 23.6 Å². The lowest BCUT2D eigenvalue weighted by atomic mass is 10.1. The molecular formula is C18H19N5O. The molecule has 1 aromatic carbocycles. The van der Waals surface area contributed by atoms with Crippen molar-refractivity contribution in [2.75, 3.05) is 25.0 Å². The Balaban J connectivity index is 1.37. The van der Waals surface area contributed by atoms with E-state index in [0.29, 0.717) is 0 Å². The van der Waals surface area contributed by atoms with Crippen LogP contribution in [0.4, 0.5) is 10.5 Å². The van der Waals surface area contributed by atoms with Crippen molar-refractivity contribution in [1.82, 2.24) is 15.1 Å². The molecule has 0 unspecified atom stereocenters. The van der Waals surface area contributed by atoms with Crippen LogP contribution in [0.1, 0.15) is 24.0 Å². The molecular weight excluding hydrogens is 302 g/mol. The number of carbonyl (C=O) groups is 1. The molecule has 0 aromatic heterocycles. The maximum absolute atomic E-state index is 12.3. The fourth-order valence-corrected chi connectivity index (χ4v) is 3.88. The van der Waals surface area contributed by atoms with Gasteiger partial charge in [0.25, 0.3) is 0 Å². The van der Waals surface area contributed by atoms with Crippen molar-refractivity contribution in [3.8, 4) is 0 Å². The highest BCUT2D eigenvalue weighted by atomic mass is 16.2. The third-order valence-electron chi connectivity index (χ3n) is 5.10. The summed E-state index contributed by atoms with van der Waals surface area (Å²) in [6.45, 7) is 2.55. The van der Waals surface area contributed by atoms with Gasteiger partial charge in [-0.05, 0) is 30.5 Å². The van der Waals surface area contributed by atoms with Crippen LogP contribution >= 0.6 is 0 Å². The zero-order chi connectivity index (χ0) is 16.1. The molecule has 0 radical (unpaired) electrons. The molecule has 6 nitrogen and oxygen atoms in total. The second-order valence-corrected chi connectivity index (χ2v) is 6.56. The zero-order valence-corrected chi connectivity index (χ0v) is 13.4. The van der Waals surface area contributed by atoms with Crippen molar-refractivity contribution in [2.45, 2.75) is 19.3 Å². The average molecular weight is 321 g/mol. The van der Waals surface area contributed by atoms with Gasteiger partial charge in [-0.15, -0.1) is 0 Å². The summed E-state index contributed by atoms with van der Waals surface area (Å²) in [6, 6.07) is 6.20. The van der Waals surface area contributed by atoms with Gasteiger partial charge >= 0.3 is 6.03 Å². The van der Waals surface area contributed by atoms with Crippen LogP contribution in [0.3, 0.4) is 0 Å². The minimum Gasteiger partial charge on any atom is -0.357 e. The molecule has 2 N–H and O–H groups in total. The molecule has 1 fully saturated rings. The molecule has 1 aliphatic carbocycles. The van der Waals surface area contributed by atoms with Gasteiger partial charge in [0, 0.05) is 48.9 Å². The maximum Gasteiger partial charge on any atom is 0.321 e. The van der Waals surface area contributed by atoms with Crippen molar-refractivity contribution in [2.24, 2.45) is 4.99 Å². The van der Waals surface area contributed by atoms with Crippen molar-refractivity contribution in [1.29, 1.82) is 0 Å². The van der Waals surface area contributed by atoms with Gasteiger partial charge in [-0.25, -0.2) is 9.79 Å². The standard InChI is InChI=1S/C18H19N5O/c24-18(22-6-1-2-7-22)21-13-3-4-14-12(9-13)10-15-17(14)20-11-16-19-5-8-23(15)16/h3-5,9,11,20H,1-2,6-8,10H2,(H,21,24). The van der Waals surface area contributed by atoms with E-state index in [9.17, 15) is 4.79 Å². The number of carbonyl (C=O) groups excluding carboxylic acids is 1. The third kappa shape index (κ3) is 2.02. The molecule has 6 heteroatoms. The molecule has 1 saturated heterocycles. The summed E-state index contributed by atoms with van der Waals surface area (Å²) < 4.78 is 0. The topological polar surface area (TPSA) is 60.0 Å². The summed E-state index contributed by atoms with van der Waals surface area (Å²) in [4.78, 5) is 20.8. The van der Waals surface area contributed by atoms with E-state index in [-0.39, 0.29) is 6.03 Å². The van der Waals surface area contributed by atoms with Crippen molar-refractivity contribution < 1.29 is 4.79 Å². The van der Waals surface area contributed by atoms with Gasteiger partial charge in [0.2, 0.25) is 0 Å². The summed E-state index contributed by atoms with van der Waals surface area (Å²) in [5.41, 5.74) is 5.76. The normalized spacial score (nSPS) is 20.6. The van der Waals surface area contributed by atoms with Crippen LogP contribution in [0.15, 0.2) is 40.9 Å². The van der Waals surface area contributed by atoms with Gasteiger partial charge in [-0.2, -0.15) is 0 Å². The molecule has 0 atom stereocenters. The highest BCUT2D eigenvalue weighted by Crippen LogP contribution is 2.38. The number of urea groups is 1. The number of hydrogen-bond acceptors (Lipinski definition) is 4. The van der Waals surface area contributed by atoms with E-state index < -0.39 is 0 Å². The number of nitrogens with zero attached hydrogens (tertiary/aromatic N) is 3. The Kier molecular flexibility index (Phi) is 2.92. The SMILES string of the molecule is O=C(Nc1ccc2c(c1)CC1=C2NC=C2N=CCN21)N1CCCC1. The van der Waals surface area contributed by atoms with E-state index in [1.807, 2.05) is 23.4 Å². The summed E-state index contributed by atoms with van der Waals surface area (Å²) in [6.07, 6.45) is 6.97. The van der Waals surface area contributed by atoms with E-state index in [2.05, 4.69) is 32.7 Å². The van der Waals surface area contributed by atoms with Gasteiger partial charge in [0.05, 0.1) is 12.2 Å². The second-order valence-electron chi connectivity index (χ2n) is 6.56. The van der Waals surface area contributed by atoms with E-state index in [1.165, 1.54) is 16.8 Å². The lowest BCUT2D eigenvalue weighted by Gasteiger charge is -2.25. The molecule has 1 aromatic rings. The Morgan fingerprint density at radius 3 is 3.00 bits per heavy atom. The largest absolute Gasteiger partial charge is 0.357 e. The predicted molar refractivity (Wildman–Crippen MR) is 93.3 cm³/mol. The van der Waals surface area contributed by atoms with Crippen molar-refractivity contribution in [3.05, 3.63) is 47.0 Å². The molecule has 5 rings (SSSR count). The number of likely N-dealkylation sites (tertiary alicyclic amines) is 1. The molecule has 0 saturated carbocycles. The fraction of sp³-hybridized carbons (Fsp3) is 0.333. The highest BCUT2D eigenvalue weighted by molar-refractivity contribution is 5.90. The Morgan fingerprint density at radius 1 is 1.25 bits per heavy atom. The molecule has 122 valence electrons. The van der Waals surface area contributed by atoms with E-state index in [0.717, 1.165) is 56.1 Å². The first-order chi connectivity index (χ1) is 11.8. The number of allylic oxidation sites excluding steroid dienone is 1. The van der Waals surface area contributed by atoms with E-state index >= 15 is 0 Å². The summed E-state index contributed by atoms with van der Waals surface area (Å²) in [7, 11) is 0. The molecule has 3 heterocycles. The highest BCUT2D eigenvalue weighted by Gasteiger charge is 2.31. The van der Waals surface area contributed by atoms with Gasteiger partial charge < -0.3 is 20.4 Å². The predicted octanol–water partition coefficient (Wildman–Crippen LogP) is 2.33. The number of hydrogen-bond donors (Lipinski definition) is 2. The van der Waals surface area contributed by atoms with E-state index in [1.54, 1.807) is 0 Å². The van der Waals surface area contributed by atoms with Gasteiger partial charge in [0.15, 0.2) is 0 Å². The molecule has 2 amide bonds. The van der Waals surface area contributed by atoms with Crippen LogP contribution in [0, 0.1) is 0 Å². The first kappa shape index (κ1) is 13.7. The van der Waals surface area contributed by atoms with Crippen LogP contribution in [-0.2, 0) is 6.42 Å². The van der Waals surface area contributed by atoms with Gasteiger partial charge in [0.1, 0.15) is 5.82 Å². The summed E-state index contributed by atoms with van der Waals surface area (Å²) in [5.74, 6) is 0.976. The third-order valence-corrected chi connectivity index (χ3v) is 5.10. The van der Waals surface area contributed by atoms with Gasteiger partial charge in [-0.3, -0.25) is 0 Å². The number of fused-ring (bicyclic) bond motifs is 4. The number of benzene rings is 1. The zero-order valence-electron chi connectivity index (χ0n) is 13.4. The molecule has 0 spiro atoms. The first-order valence-corrected chi connectivity index (χ1v) is 8.49. The molecule has 4 aliphatic rings. The van der Waals surface area contributed by atoms with Crippen LogP contribution < -0.4 is 10.6 Å². The lowest BCUT2D eigenvalue weighted by Crippen LogP contribution is -2.32. The van der Waals surface area contributed by atoms with Crippen LogP contribution in [0.25, 0.3) is 5.70 Å². The number of anilines is 1. The van der Waals surface area contributed by atoms with Crippen LogP contribution in [0.5, 0.6) is 0 Å². The molecule has 24 heavy (non-hydrogen) atoms. The maximum atomic E-state index is 12.3. The molecule has 0 bridgehead atoms. The minimum atomic E-state index is 0.0122. The summed E-state index contributed by atoms with van der Waals surface area (Å²) in [5, 5.41) is 6.42.